The van der Waals surface area contributed by atoms with Crippen molar-refractivity contribution in [3.05, 3.63) is 0 Å². The molecule has 0 spiro atoms. The van der Waals surface area contributed by atoms with Crippen LogP contribution in [-0.4, -0.2) is 49.8 Å². The highest BCUT2D eigenvalue weighted by molar-refractivity contribution is 7.47. The third kappa shape index (κ3) is 21.3. The van der Waals surface area contributed by atoms with Crippen molar-refractivity contribution in [1.29, 1.82) is 0 Å². The Labute approximate surface area is 188 Å². The molecule has 1 N–H and O–H groups in total. The van der Waals surface area contributed by atoms with Gasteiger partial charge in [0.15, 0.2) is 0 Å². The molecule has 1 atom stereocenters. The van der Waals surface area contributed by atoms with Gasteiger partial charge in [0, 0.05) is 0 Å². The van der Waals surface area contributed by atoms with Crippen LogP contribution in [0, 0.1) is 0 Å². The Bertz CT molecular complexity index is 418. The number of likely N-dealkylation sites (N-methyl/N-ethyl adjacent to an activating group) is 1. The highest BCUT2D eigenvalue weighted by atomic mass is 31.2. The molecule has 0 amide bonds. The second kappa shape index (κ2) is 19.7. The van der Waals surface area contributed by atoms with Crippen molar-refractivity contribution < 1.29 is 23.0 Å². The zero-order chi connectivity index (χ0) is 22.6. The molecule has 6 heteroatoms. The molecule has 0 rings (SSSR count). The van der Waals surface area contributed by atoms with Crippen molar-refractivity contribution in [2.24, 2.45) is 0 Å². The van der Waals surface area contributed by atoms with Crippen LogP contribution in [0.25, 0.3) is 0 Å². The van der Waals surface area contributed by atoms with E-state index in [0.717, 1.165) is 30.4 Å². The number of phosphoric ester groups is 1. The Morgan fingerprint density at radius 2 is 1.00 bits per heavy atom. The fraction of sp³-hybridized carbons (Fsp3) is 1.00. The average molecular weight is 451 g/mol. The van der Waals surface area contributed by atoms with E-state index in [1.54, 1.807) is 0 Å². The fourth-order valence-corrected chi connectivity index (χ4v) is 4.39. The number of phosphoric acid groups is 1. The summed E-state index contributed by atoms with van der Waals surface area (Å²) in [6.45, 7) is 6.85. The van der Waals surface area contributed by atoms with E-state index < -0.39 is 7.82 Å². The van der Waals surface area contributed by atoms with E-state index in [1.165, 1.54) is 89.9 Å². The largest absolute Gasteiger partial charge is 0.472 e. The first-order valence-electron chi connectivity index (χ1n) is 12.8. The lowest BCUT2D eigenvalue weighted by Crippen LogP contribution is -2.42. The predicted octanol–water partition coefficient (Wildman–Crippen LogP) is 7.48. The van der Waals surface area contributed by atoms with Crippen LogP contribution in [0.2, 0.25) is 0 Å². The number of hydrogen-bond acceptors (Lipinski definition) is 3. The summed E-state index contributed by atoms with van der Waals surface area (Å²) in [5.41, 5.74) is 0. The molecule has 0 aromatic carbocycles. The molecule has 0 aliphatic heterocycles. The van der Waals surface area contributed by atoms with Gasteiger partial charge >= 0.3 is 7.82 Å². The van der Waals surface area contributed by atoms with Crippen molar-refractivity contribution in [3.8, 4) is 0 Å². The Kier molecular flexibility index (Phi) is 19.8. The lowest BCUT2D eigenvalue weighted by molar-refractivity contribution is -0.890. The standard InChI is InChI=1S/C24H52NO4P/c1-5-7-9-11-13-14-16-18-20-23-28-30(26,27)29-24-22-25(3,4)21-19-17-15-12-10-8-6-2/h5-24H2,1-4H3/p+1. The SMILES string of the molecule is CCCCCCCCCCCOP(=O)(O)OCC[N+](C)(C)CCCCCCCCC. The molecule has 0 saturated heterocycles. The molecule has 0 heterocycles. The number of nitrogens with zero attached hydrogens (tertiary/aromatic N) is 1. The number of unbranched alkanes of at least 4 members (excludes halogenated alkanes) is 14. The van der Waals surface area contributed by atoms with Crippen molar-refractivity contribution in [1.82, 2.24) is 0 Å². The highest BCUT2D eigenvalue weighted by Crippen LogP contribution is 2.43. The molecule has 1 unspecified atom stereocenters. The van der Waals surface area contributed by atoms with E-state index in [4.69, 9.17) is 9.05 Å². The summed E-state index contributed by atoms with van der Waals surface area (Å²) in [4.78, 5) is 9.86. The number of quaternary nitrogens is 1. The Morgan fingerprint density at radius 1 is 0.600 bits per heavy atom. The molecule has 0 radical (unpaired) electrons. The predicted molar refractivity (Wildman–Crippen MR) is 129 cm³/mol. The van der Waals surface area contributed by atoms with Crippen LogP contribution >= 0.6 is 7.82 Å². The normalized spacial score (nSPS) is 14.2. The topological polar surface area (TPSA) is 55.8 Å². The van der Waals surface area contributed by atoms with E-state index in [1.807, 2.05) is 0 Å². The molecular formula is C24H53NO4P+. The molecule has 0 aliphatic rings. The molecule has 0 fully saturated rings. The quantitative estimate of drug-likeness (QED) is 0.0996. The van der Waals surface area contributed by atoms with E-state index in [0.29, 0.717) is 6.61 Å². The second-order valence-corrected chi connectivity index (χ2v) is 10.9. The van der Waals surface area contributed by atoms with Gasteiger partial charge in [-0.1, -0.05) is 97.3 Å². The summed E-state index contributed by atoms with van der Waals surface area (Å²) in [5.74, 6) is 0. The van der Waals surface area contributed by atoms with E-state index in [-0.39, 0.29) is 6.61 Å². The molecule has 182 valence electrons. The molecule has 5 nitrogen and oxygen atoms in total. The first-order valence-corrected chi connectivity index (χ1v) is 14.3. The van der Waals surface area contributed by atoms with E-state index >= 15 is 0 Å². The Balaban J connectivity index is 3.64. The van der Waals surface area contributed by atoms with Gasteiger partial charge in [-0.2, -0.15) is 0 Å². The lowest BCUT2D eigenvalue weighted by atomic mass is 10.1. The maximum Gasteiger partial charge on any atom is 0.472 e. The van der Waals surface area contributed by atoms with Gasteiger partial charge in [-0.25, -0.2) is 4.57 Å². The van der Waals surface area contributed by atoms with Crippen LogP contribution in [0.15, 0.2) is 0 Å². The van der Waals surface area contributed by atoms with Gasteiger partial charge in [0.1, 0.15) is 13.2 Å². The summed E-state index contributed by atoms with van der Waals surface area (Å²) >= 11 is 0. The summed E-state index contributed by atoms with van der Waals surface area (Å²) in [6.07, 6.45) is 20.0. The van der Waals surface area contributed by atoms with Gasteiger partial charge in [-0.15, -0.1) is 0 Å². The number of hydrogen-bond donors (Lipinski definition) is 1. The van der Waals surface area contributed by atoms with Crippen molar-refractivity contribution >= 4 is 7.82 Å². The van der Waals surface area contributed by atoms with E-state index in [2.05, 4.69) is 27.9 Å². The van der Waals surface area contributed by atoms with Crippen LogP contribution in [-0.2, 0) is 13.6 Å². The molecule has 0 saturated carbocycles. The Hall–Kier alpha value is 0.0700. The van der Waals surface area contributed by atoms with Gasteiger partial charge in [0.05, 0.1) is 27.2 Å². The summed E-state index contributed by atoms with van der Waals surface area (Å²) in [5, 5.41) is 0. The minimum absolute atomic E-state index is 0.259. The minimum Gasteiger partial charge on any atom is -0.327 e. The third-order valence-electron chi connectivity index (χ3n) is 5.82. The summed E-state index contributed by atoms with van der Waals surface area (Å²) in [6, 6.07) is 0. The van der Waals surface area contributed by atoms with E-state index in [9.17, 15) is 9.46 Å². The van der Waals surface area contributed by atoms with Crippen molar-refractivity contribution in [3.63, 3.8) is 0 Å². The van der Waals surface area contributed by atoms with Crippen molar-refractivity contribution in [2.45, 2.75) is 117 Å². The van der Waals surface area contributed by atoms with Gasteiger partial charge in [-0.05, 0) is 19.3 Å². The lowest BCUT2D eigenvalue weighted by Gasteiger charge is -2.29. The van der Waals surface area contributed by atoms with Crippen molar-refractivity contribution in [2.75, 3.05) is 40.4 Å². The maximum atomic E-state index is 12.0. The summed E-state index contributed by atoms with van der Waals surface area (Å²) < 4.78 is 23.2. The summed E-state index contributed by atoms with van der Waals surface area (Å²) in [7, 11) is 0.407. The van der Waals surface area contributed by atoms with Gasteiger partial charge in [-0.3, -0.25) is 9.05 Å². The molecule has 0 aliphatic carbocycles. The minimum atomic E-state index is -3.91. The van der Waals surface area contributed by atoms with Crippen LogP contribution in [0.1, 0.15) is 117 Å². The van der Waals surface area contributed by atoms with Gasteiger partial charge < -0.3 is 9.38 Å². The number of rotatable bonds is 23. The van der Waals surface area contributed by atoms with Crippen LogP contribution < -0.4 is 0 Å². The smallest absolute Gasteiger partial charge is 0.327 e. The molecular weight excluding hydrogens is 397 g/mol. The first-order chi connectivity index (χ1) is 14.3. The molecule has 0 bridgehead atoms. The highest BCUT2D eigenvalue weighted by Gasteiger charge is 2.23. The zero-order valence-electron chi connectivity index (χ0n) is 20.7. The molecule has 0 aromatic heterocycles. The Morgan fingerprint density at radius 3 is 1.50 bits per heavy atom. The van der Waals surface area contributed by atoms with Gasteiger partial charge in [0.25, 0.3) is 0 Å². The molecule has 0 aromatic rings. The first kappa shape index (κ1) is 30.1. The molecule has 30 heavy (non-hydrogen) atoms. The van der Waals surface area contributed by atoms with Crippen LogP contribution in [0.4, 0.5) is 0 Å². The van der Waals surface area contributed by atoms with Gasteiger partial charge in [0.2, 0.25) is 0 Å². The average Bonchev–Trinajstić information content (AvgIpc) is 2.68. The monoisotopic (exact) mass is 450 g/mol. The van der Waals surface area contributed by atoms with Crippen LogP contribution in [0.5, 0.6) is 0 Å². The fourth-order valence-electron chi connectivity index (χ4n) is 3.64. The van der Waals surface area contributed by atoms with Crippen LogP contribution in [0.3, 0.4) is 0 Å². The second-order valence-electron chi connectivity index (χ2n) is 9.47. The third-order valence-corrected chi connectivity index (χ3v) is 6.84. The zero-order valence-corrected chi connectivity index (χ0v) is 21.6. The maximum absolute atomic E-state index is 12.0.